The molecule has 0 atom stereocenters. The van der Waals surface area contributed by atoms with Gasteiger partial charge in [-0.3, -0.25) is 0 Å². The molecule has 1 aromatic rings. The normalized spacial score (nSPS) is 10.9. The van der Waals surface area contributed by atoms with Crippen molar-refractivity contribution in [3.63, 3.8) is 0 Å². The van der Waals surface area contributed by atoms with Gasteiger partial charge in [0.2, 0.25) is 10.0 Å². The molecule has 0 saturated heterocycles. The number of nitrogens with one attached hydrogen (secondary N) is 1. The maximum Gasteiger partial charge on any atom is 0.335 e. The van der Waals surface area contributed by atoms with Crippen LogP contribution in [0.15, 0.2) is 23.1 Å². The van der Waals surface area contributed by atoms with Crippen LogP contribution in [0.4, 0.5) is 4.39 Å². The Labute approximate surface area is 110 Å². The van der Waals surface area contributed by atoms with Gasteiger partial charge in [0, 0.05) is 13.0 Å². The van der Waals surface area contributed by atoms with Gasteiger partial charge in [0.05, 0.1) is 5.56 Å². The van der Waals surface area contributed by atoms with Crippen molar-refractivity contribution in [3.05, 3.63) is 29.6 Å². The summed E-state index contributed by atoms with van der Waals surface area (Å²) in [6, 6.07) is 2.58. The first-order valence-corrected chi connectivity index (χ1v) is 6.83. The molecule has 102 valence electrons. The van der Waals surface area contributed by atoms with Crippen LogP contribution in [0.5, 0.6) is 0 Å². The van der Waals surface area contributed by atoms with Crippen molar-refractivity contribution in [2.45, 2.75) is 17.7 Å². The summed E-state index contributed by atoms with van der Waals surface area (Å²) < 4.78 is 39.2. The van der Waals surface area contributed by atoms with E-state index >= 15 is 0 Å². The van der Waals surface area contributed by atoms with Crippen LogP contribution in [0.25, 0.3) is 0 Å². The number of carbonyl (C=O) groups is 1. The van der Waals surface area contributed by atoms with E-state index in [9.17, 15) is 17.6 Å². The molecule has 0 aliphatic carbocycles. The molecule has 0 fully saturated rings. The van der Waals surface area contributed by atoms with Crippen molar-refractivity contribution in [1.82, 2.24) is 4.72 Å². The highest BCUT2D eigenvalue weighted by Crippen LogP contribution is 2.16. The number of benzene rings is 1. The maximum atomic E-state index is 13.5. The summed E-state index contributed by atoms with van der Waals surface area (Å²) >= 11 is 0. The average Bonchev–Trinajstić information content (AvgIpc) is 2.34. The van der Waals surface area contributed by atoms with E-state index in [1.807, 2.05) is 0 Å². The lowest BCUT2D eigenvalue weighted by Crippen LogP contribution is -2.26. The lowest BCUT2D eigenvalue weighted by atomic mass is 10.2. The Morgan fingerprint density at radius 2 is 2.16 bits per heavy atom. The highest BCUT2D eigenvalue weighted by Gasteiger charge is 2.20. The summed E-state index contributed by atoms with van der Waals surface area (Å²) in [6.07, 6.45) is 5.82. The molecular formula is C12H12FNO4S. The topological polar surface area (TPSA) is 83.5 Å². The molecule has 0 heterocycles. The Bertz CT molecular complexity index is 619. The Hall–Kier alpha value is -1.91. The summed E-state index contributed by atoms with van der Waals surface area (Å²) in [5, 5.41) is 8.75. The van der Waals surface area contributed by atoms with Crippen LogP contribution in [0.1, 0.15) is 23.2 Å². The molecule has 5 nitrogen and oxygen atoms in total. The summed E-state index contributed by atoms with van der Waals surface area (Å²) in [5.41, 5.74) is -0.301. The Morgan fingerprint density at radius 3 is 2.74 bits per heavy atom. The van der Waals surface area contributed by atoms with Gasteiger partial charge in [-0.25, -0.2) is 22.3 Å². The second kappa shape index (κ2) is 6.31. The summed E-state index contributed by atoms with van der Waals surface area (Å²) in [7, 11) is -4.08. The van der Waals surface area contributed by atoms with Crippen LogP contribution in [0.2, 0.25) is 0 Å². The molecule has 0 radical (unpaired) electrons. The fourth-order valence-electron chi connectivity index (χ4n) is 1.32. The van der Waals surface area contributed by atoms with Gasteiger partial charge in [0.1, 0.15) is 10.7 Å². The van der Waals surface area contributed by atoms with E-state index in [1.165, 1.54) is 0 Å². The van der Waals surface area contributed by atoms with Crippen LogP contribution in [-0.4, -0.2) is 26.0 Å². The summed E-state index contributed by atoms with van der Waals surface area (Å²) in [5.74, 6) is 0.00757. The summed E-state index contributed by atoms with van der Waals surface area (Å²) in [4.78, 5) is 10.0. The van der Waals surface area contributed by atoms with E-state index in [-0.39, 0.29) is 12.1 Å². The highest BCUT2D eigenvalue weighted by atomic mass is 32.2. The molecule has 0 aliphatic rings. The Balaban J connectivity index is 2.97. The van der Waals surface area contributed by atoms with E-state index < -0.39 is 26.7 Å². The average molecular weight is 285 g/mol. The van der Waals surface area contributed by atoms with Gasteiger partial charge >= 0.3 is 5.97 Å². The first-order chi connectivity index (χ1) is 8.88. The number of hydrogen-bond donors (Lipinski definition) is 2. The fraction of sp³-hybridized carbons (Fsp3) is 0.250. The van der Waals surface area contributed by atoms with Gasteiger partial charge in [-0.15, -0.1) is 12.3 Å². The Kier molecular flexibility index (Phi) is 5.03. The molecule has 1 aromatic carbocycles. The second-order valence-corrected chi connectivity index (χ2v) is 5.39. The van der Waals surface area contributed by atoms with Crippen molar-refractivity contribution in [2.75, 3.05) is 6.54 Å². The largest absolute Gasteiger partial charge is 0.478 e. The monoisotopic (exact) mass is 285 g/mol. The van der Waals surface area contributed by atoms with Gasteiger partial charge in [-0.05, 0) is 24.6 Å². The molecule has 0 aromatic heterocycles. The smallest absolute Gasteiger partial charge is 0.335 e. The number of hydrogen-bond acceptors (Lipinski definition) is 3. The number of sulfonamides is 1. The van der Waals surface area contributed by atoms with Gasteiger partial charge in [0.25, 0.3) is 0 Å². The van der Waals surface area contributed by atoms with Crippen molar-refractivity contribution in [2.24, 2.45) is 0 Å². The van der Waals surface area contributed by atoms with Crippen molar-refractivity contribution in [3.8, 4) is 12.3 Å². The standard InChI is InChI=1S/C12H12FNO4S/c1-2-3-4-7-14-19(17,18)11-8-9(12(15)16)5-6-10(11)13/h1,5-6,8,14H,3-4,7H2,(H,15,16). The number of unbranched alkanes of at least 4 members (excludes halogenated alkanes) is 1. The zero-order chi connectivity index (χ0) is 14.5. The minimum Gasteiger partial charge on any atom is -0.478 e. The molecule has 0 saturated carbocycles. The molecule has 19 heavy (non-hydrogen) atoms. The van der Waals surface area contributed by atoms with Crippen LogP contribution >= 0.6 is 0 Å². The molecule has 0 spiro atoms. The van der Waals surface area contributed by atoms with Crippen LogP contribution in [0.3, 0.4) is 0 Å². The lowest BCUT2D eigenvalue weighted by Gasteiger charge is -2.07. The van der Waals surface area contributed by atoms with Crippen LogP contribution in [-0.2, 0) is 10.0 Å². The van der Waals surface area contributed by atoms with E-state index in [0.717, 1.165) is 18.2 Å². The number of rotatable bonds is 6. The third-order valence-corrected chi connectivity index (χ3v) is 3.73. The van der Waals surface area contributed by atoms with E-state index in [0.29, 0.717) is 12.8 Å². The maximum absolute atomic E-state index is 13.5. The van der Waals surface area contributed by atoms with Crippen LogP contribution < -0.4 is 4.72 Å². The van der Waals surface area contributed by atoms with E-state index in [4.69, 9.17) is 11.5 Å². The first-order valence-electron chi connectivity index (χ1n) is 5.34. The number of halogens is 1. The first kappa shape index (κ1) is 15.1. The van der Waals surface area contributed by atoms with Crippen molar-refractivity contribution >= 4 is 16.0 Å². The van der Waals surface area contributed by atoms with Gasteiger partial charge in [0.15, 0.2) is 0 Å². The van der Waals surface area contributed by atoms with Gasteiger partial charge in [-0.1, -0.05) is 0 Å². The minimum atomic E-state index is -4.08. The molecular weight excluding hydrogens is 273 g/mol. The quantitative estimate of drug-likeness (QED) is 0.608. The molecule has 0 aliphatic heterocycles. The SMILES string of the molecule is C#CCCCNS(=O)(=O)c1cc(C(=O)O)ccc1F. The van der Waals surface area contributed by atoms with E-state index in [2.05, 4.69) is 10.6 Å². The molecule has 0 amide bonds. The number of carboxylic acid groups (broad SMARTS) is 1. The fourth-order valence-corrected chi connectivity index (χ4v) is 2.49. The molecule has 0 unspecified atom stereocenters. The Morgan fingerprint density at radius 1 is 1.47 bits per heavy atom. The third-order valence-electron chi connectivity index (χ3n) is 2.26. The van der Waals surface area contributed by atoms with Crippen molar-refractivity contribution in [1.29, 1.82) is 0 Å². The zero-order valence-electron chi connectivity index (χ0n) is 9.89. The molecule has 2 N–H and O–H groups in total. The van der Waals surface area contributed by atoms with Crippen molar-refractivity contribution < 1.29 is 22.7 Å². The highest BCUT2D eigenvalue weighted by molar-refractivity contribution is 7.89. The lowest BCUT2D eigenvalue weighted by molar-refractivity contribution is 0.0696. The predicted octanol–water partition coefficient (Wildman–Crippen LogP) is 1.22. The number of aromatic carboxylic acids is 1. The third kappa shape index (κ3) is 4.05. The second-order valence-electron chi connectivity index (χ2n) is 3.66. The molecule has 1 rings (SSSR count). The molecule has 0 bridgehead atoms. The summed E-state index contributed by atoms with van der Waals surface area (Å²) in [6.45, 7) is 0.0588. The number of terminal acetylenes is 1. The number of carboxylic acids is 1. The zero-order valence-corrected chi connectivity index (χ0v) is 10.7. The predicted molar refractivity (Wildman–Crippen MR) is 66.6 cm³/mol. The molecule has 7 heteroatoms. The van der Waals surface area contributed by atoms with E-state index in [1.54, 1.807) is 0 Å². The van der Waals surface area contributed by atoms with Gasteiger partial charge < -0.3 is 5.11 Å². The minimum absolute atomic E-state index is 0.0588. The van der Waals surface area contributed by atoms with Gasteiger partial charge in [-0.2, -0.15) is 0 Å². The van der Waals surface area contributed by atoms with Crippen LogP contribution in [0, 0.1) is 18.2 Å².